The average molecular weight is 248 g/mol. The molecule has 0 radical (unpaired) electrons. The molecule has 1 rings (SSSR count). The molecule has 0 heterocycles. The van der Waals surface area contributed by atoms with E-state index in [0.29, 0.717) is 18.9 Å². The second-order valence-electron chi connectivity index (χ2n) is 5.08. The Hall–Kier alpha value is -1.31. The zero-order chi connectivity index (χ0) is 13.5. The Kier molecular flexibility index (Phi) is 5.90. The Bertz CT molecular complexity index is 396. The number of benzene rings is 1. The summed E-state index contributed by atoms with van der Waals surface area (Å²) in [5.74, 6) is 0.301. The molecule has 0 saturated heterocycles. The first-order chi connectivity index (χ1) is 8.52. The molecule has 0 N–H and O–H groups in total. The topological polar surface area (TPSA) is 26.3 Å². The van der Waals surface area contributed by atoms with E-state index in [1.54, 1.807) is 0 Å². The molecule has 0 saturated carbocycles. The van der Waals surface area contributed by atoms with Crippen molar-refractivity contribution < 1.29 is 9.53 Å². The number of aryl methyl sites for hydroxylation is 3. The molecule has 0 spiro atoms. The summed E-state index contributed by atoms with van der Waals surface area (Å²) in [5.41, 5.74) is 4.03. The quantitative estimate of drug-likeness (QED) is 0.715. The molecule has 1 aromatic rings. The number of carbonyl (C=O) groups is 1. The summed E-state index contributed by atoms with van der Waals surface area (Å²) >= 11 is 0. The van der Waals surface area contributed by atoms with Crippen molar-refractivity contribution >= 4 is 5.97 Å². The molecular weight excluding hydrogens is 224 g/mol. The lowest BCUT2D eigenvalue weighted by Gasteiger charge is -2.12. The molecular formula is C16H24O2. The first-order valence-electron chi connectivity index (χ1n) is 6.74. The van der Waals surface area contributed by atoms with Crippen molar-refractivity contribution in [1.82, 2.24) is 0 Å². The van der Waals surface area contributed by atoms with Gasteiger partial charge in [0.15, 0.2) is 0 Å². The zero-order valence-corrected chi connectivity index (χ0v) is 12.0. The van der Waals surface area contributed by atoms with Gasteiger partial charge < -0.3 is 4.74 Å². The largest absolute Gasteiger partial charge is 0.466 e. The van der Waals surface area contributed by atoms with E-state index in [1.165, 1.54) is 16.7 Å². The Morgan fingerprint density at radius 2 is 2.06 bits per heavy atom. The molecule has 1 aromatic carbocycles. The number of hydrogen-bond acceptors (Lipinski definition) is 2. The van der Waals surface area contributed by atoms with Crippen molar-refractivity contribution in [3.05, 3.63) is 34.9 Å². The third-order valence-corrected chi connectivity index (χ3v) is 3.23. The maximum atomic E-state index is 11.4. The molecule has 2 nitrogen and oxygen atoms in total. The van der Waals surface area contributed by atoms with Gasteiger partial charge in [-0.3, -0.25) is 4.79 Å². The fraction of sp³-hybridized carbons (Fsp3) is 0.562. The molecule has 0 bridgehead atoms. The van der Waals surface area contributed by atoms with Crippen LogP contribution in [0.2, 0.25) is 0 Å². The van der Waals surface area contributed by atoms with Gasteiger partial charge in [0, 0.05) is 6.42 Å². The summed E-state index contributed by atoms with van der Waals surface area (Å²) in [6.07, 6.45) is 2.59. The molecule has 0 aliphatic carbocycles. The van der Waals surface area contributed by atoms with E-state index >= 15 is 0 Å². The highest BCUT2D eigenvalue weighted by atomic mass is 16.5. The third kappa shape index (κ3) is 4.91. The van der Waals surface area contributed by atoms with E-state index in [-0.39, 0.29) is 5.97 Å². The number of carbonyl (C=O) groups excluding carboxylic acids is 1. The van der Waals surface area contributed by atoms with Gasteiger partial charge in [-0.2, -0.15) is 0 Å². The van der Waals surface area contributed by atoms with Gasteiger partial charge in [0.05, 0.1) is 6.61 Å². The highest BCUT2D eigenvalue weighted by Gasteiger charge is 2.10. The number of ether oxygens (including phenoxy) is 1. The Balaban J connectivity index is 2.42. The number of hydrogen-bond donors (Lipinski definition) is 0. The SMILES string of the molecule is CCOC(=O)CC(C)CCc1ccc(C)cc1C. The van der Waals surface area contributed by atoms with E-state index in [1.807, 2.05) is 6.92 Å². The maximum absolute atomic E-state index is 11.4. The molecule has 0 aliphatic rings. The van der Waals surface area contributed by atoms with Crippen LogP contribution in [0.4, 0.5) is 0 Å². The van der Waals surface area contributed by atoms with Crippen molar-refractivity contribution in [3.63, 3.8) is 0 Å². The highest BCUT2D eigenvalue weighted by Crippen LogP contribution is 2.17. The van der Waals surface area contributed by atoms with E-state index in [0.717, 1.165) is 12.8 Å². The minimum atomic E-state index is -0.0781. The van der Waals surface area contributed by atoms with Gasteiger partial charge in [0.2, 0.25) is 0 Å². The fourth-order valence-electron chi connectivity index (χ4n) is 2.13. The van der Waals surface area contributed by atoms with Gasteiger partial charge in [0.1, 0.15) is 0 Å². The minimum Gasteiger partial charge on any atom is -0.466 e. The van der Waals surface area contributed by atoms with Crippen LogP contribution >= 0.6 is 0 Å². The van der Waals surface area contributed by atoms with Crippen LogP contribution in [0.1, 0.15) is 43.4 Å². The predicted molar refractivity (Wildman–Crippen MR) is 74.7 cm³/mol. The second kappa shape index (κ2) is 7.20. The monoisotopic (exact) mass is 248 g/mol. The van der Waals surface area contributed by atoms with Crippen molar-refractivity contribution in [1.29, 1.82) is 0 Å². The number of rotatable bonds is 6. The van der Waals surface area contributed by atoms with Gasteiger partial charge in [0.25, 0.3) is 0 Å². The smallest absolute Gasteiger partial charge is 0.306 e. The van der Waals surface area contributed by atoms with Crippen molar-refractivity contribution in [2.45, 2.75) is 47.0 Å². The van der Waals surface area contributed by atoms with E-state index in [4.69, 9.17) is 4.74 Å². The molecule has 1 atom stereocenters. The van der Waals surface area contributed by atoms with Gasteiger partial charge in [-0.15, -0.1) is 0 Å². The standard InChI is InChI=1S/C16H24O2/c1-5-18-16(17)11-13(3)7-9-15-8-6-12(2)10-14(15)4/h6,8,10,13H,5,7,9,11H2,1-4H3. The van der Waals surface area contributed by atoms with Crippen molar-refractivity contribution in [2.24, 2.45) is 5.92 Å². The first-order valence-corrected chi connectivity index (χ1v) is 6.74. The van der Waals surface area contributed by atoms with Crippen LogP contribution in [0.5, 0.6) is 0 Å². The molecule has 0 aliphatic heterocycles. The van der Waals surface area contributed by atoms with Crippen molar-refractivity contribution in [2.75, 3.05) is 6.61 Å². The summed E-state index contributed by atoms with van der Waals surface area (Å²) in [6.45, 7) is 8.69. The van der Waals surface area contributed by atoms with Crippen molar-refractivity contribution in [3.8, 4) is 0 Å². The molecule has 0 aromatic heterocycles. The van der Waals surface area contributed by atoms with E-state index in [9.17, 15) is 4.79 Å². The van der Waals surface area contributed by atoms with Gasteiger partial charge in [-0.1, -0.05) is 30.7 Å². The molecule has 0 amide bonds. The Morgan fingerprint density at radius 3 is 2.67 bits per heavy atom. The first kappa shape index (κ1) is 14.7. The molecule has 1 unspecified atom stereocenters. The summed E-state index contributed by atoms with van der Waals surface area (Å²) in [5, 5.41) is 0. The maximum Gasteiger partial charge on any atom is 0.306 e. The third-order valence-electron chi connectivity index (χ3n) is 3.23. The lowest BCUT2D eigenvalue weighted by Crippen LogP contribution is -2.10. The van der Waals surface area contributed by atoms with Crippen LogP contribution < -0.4 is 0 Å². The van der Waals surface area contributed by atoms with Crippen LogP contribution in [-0.4, -0.2) is 12.6 Å². The Labute approximate surface area is 110 Å². The highest BCUT2D eigenvalue weighted by molar-refractivity contribution is 5.69. The van der Waals surface area contributed by atoms with E-state index < -0.39 is 0 Å². The van der Waals surface area contributed by atoms with Crippen LogP contribution in [0, 0.1) is 19.8 Å². The lowest BCUT2D eigenvalue weighted by atomic mass is 9.95. The number of esters is 1. The van der Waals surface area contributed by atoms with Crippen LogP contribution in [0.15, 0.2) is 18.2 Å². The average Bonchev–Trinajstić information content (AvgIpc) is 2.28. The Morgan fingerprint density at radius 1 is 1.33 bits per heavy atom. The van der Waals surface area contributed by atoms with Crippen LogP contribution in [-0.2, 0) is 16.0 Å². The summed E-state index contributed by atoms with van der Waals surface area (Å²) in [7, 11) is 0. The normalized spacial score (nSPS) is 12.2. The van der Waals surface area contributed by atoms with Gasteiger partial charge in [-0.05, 0) is 50.7 Å². The minimum absolute atomic E-state index is 0.0781. The van der Waals surface area contributed by atoms with Crippen LogP contribution in [0.3, 0.4) is 0 Å². The fourth-order valence-corrected chi connectivity index (χ4v) is 2.13. The summed E-state index contributed by atoms with van der Waals surface area (Å²) in [4.78, 5) is 11.4. The second-order valence-corrected chi connectivity index (χ2v) is 5.08. The molecule has 2 heteroatoms. The summed E-state index contributed by atoms with van der Waals surface area (Å²) in [6, 6.07) is 6.56. The molecule has 100 valence electrons. The van der Waals surface area contributed by atoms with E-state index in [2.05, 4.69) is 39.0 Å². The van der Waals surface area contributed by atoms with Gasteiger partial charge >= 0.3 is 5.97 Å². The molecule has 0 fully saturated rings. The summed E-state index contributed by atoms with van der Waals surface area (Å²) < 4.78 is 4.97. The zero-order valence-electron chi connectivity index (χ0n) is 12.0. The van der Waals surface area contributed by atoms with Crippen LogP contribution in [0.25, 0.3) is 0 Å². The lowest BCUT2D eigenvalue weighted by molar-refractivity contribution is -0.144. The van der Waals surface area contributed by atoms with Gasteiger partial charge in [-0.25, -0.2) is 0 Å². The molecule has 18 heavy (non-hydrogen) atoms. The predicted octanol–water partition coefficient (Wildman–Crippen LogP) is 3.83.